The van der Waals surface area contributed by atoms with Crippen molar-refractivity contribution >= 4 is 16.7 Å². The van der Waals surface area contributed by atoms with Gasteiger partial charge in [-0.25, -0.2) is 4.98 Å². The molecule has 0 amide bonds. The highest BCUT2D eigenvalue weighted by Crippen LogP contribution is 2.30. The highest BCUT2D eigenvalue weighted by Gasteiger charge is 2.13. The molecule has 0 spiro atoms. The maximum atomic E-state index is 12.9. The SMILES string of the molecule is Cc1nc2ncc3c(=O)n(Cc4ccc5c(c4)OCCCO5)ccc3n2n1. The fraction of sp³-hybridized carbons (Fsp3) is 0.263. The molecule has 136 valence electrons. The molecule has 0 fully saturated rings. The van der Waals surface area contributed by atoms with Gasteiger partial charge in [0.25, 0.3) is 11.3 Å². The van der Waals surface area contributed by atoms with Gasteiger partial charge in [-0.1, -0.05) is 6.07 Å². The highest BCUT2D eigenvalue weighted by atomic mass is 16.5. The van der Waals surface area contributed by atoms with Crippen LogP contribution >= 0.6 is 0 Å². The lowest BCUT2D eigenvalue weighted by molar-refractivity contribution is 0.297. The van der Waals surface area contributed by atoms with Crippen molar-refractivity contribution in [3.05, 3.63) is 58.4 Å². The normalized spacial score (nSPS) is 13.8. The first kappa shape index (κ1) is 15.8. The molecule has 27 heavy (non-hydrogen) atoms. The van der Waals surface area contributed by atoms with E-state index in [1.807, 2.05) is 24.3 Å². The second-order valence-electron chi connectivity index (χ2n) is 6.51. The Hall–Kier alpha value is -3.42. The second kappa shape index (κ2) is 6.08. The quantitative estimate of drug-likeness (QED) is 0.541. The lowest BCUT2D eigenvalue weighted by atomic mass is 10.2. The van der Waals surface area contributed by atoms with Gasteiger partial charge in [0.1, 0.15) is 5.82 Å². The standard InChI is InChI=1S/C19H17N5O3/c1-12-21-19-20-10-14-15(24(19)22-12)5-6-23(18(14)25)11-13-3-4-16-17(9-13)27-8-2-7-26-16/h3-6,9-10H,2,7-8,11H2,1H3. The lowest BCUT2D eigenvalue weighted by Gasteiger charge is -2.11. The van der Waals surface area contributed by atoms with E-state index < -0.39 is 0 Å². The van der Waals surface area contributed by atoms with Gasteiger partial charge in [-0.05, 0) is 30.7 Å². The summed E-state index contributed by atoms with van der Waals surface area (Å²) in [7, 11) is 0. The van der Waals surface area contributed by atoms with Crippen LogP contribution in [0, 0.1) is 6.92 Å². The van der Waals surface area contributed by atoms with Crippen molar-refractivity contribution in [1.82, 2.24) is 24.1 Å². The number of nitrogens with zero attached hydrogens (tertiary/aromatic N) is 5. The largest absolute Gasteiger partial charge is 0.490 e. The van der Waals surface area contributed by atoms with Crippen LogP contribution in [0.15, 0.2) is 41.5 Å². The van der Waals surface area contributed by atoms with E-state index in [2.05, 4.69) is 15.1 Å². The fourth-order valence-corrected chi connectivity index (χ4v) is 3.29. The van der Waals surface area contributed by atoms with Crippen LogP contribution in [0.2, 0.25) is 0 Å². The molecule has 0 aliphatic carbocycles. The van der Waals surface area contributed by atoms with Gasteiger partial charge in [0.15, 0.2) is 11.5 Å². The Labute approximate surface area is 154 Å². The Morgan fingerprint density at radius 3 is 2.89 bits per heavy atom. The van der Waals surface area contributed by atoms with Crippen LogP contribution in [-0.4, -0.2) is 37.4 Å². The summed E-state index contributed by atoms with van der Waals surface area (Å²) in [5.74, 6) is 2.57. The number of aromatic nitrogens is 5. The number of ether oxygens (including phenoxy) is 2. The molecule has 0 bridgehead atoms. The Kier molecular flexibility index (Phi) is 3.56. The molecule has 0 N–H and O–H groups in total. The third-order valence-corrected chi connectivity index (χ3v) is 4.58. The Balaban J connectivity index is 1.56. The zero-order valence-corrected chi connectivity index (χ0v) is 14.8. The third-order valence-electron chi connectivity index (χ3n) is 4.58. The number of rotatable bonds is 2. The zero-order chi connectivity index (χ0) is 18.4. The van der Waals surface area contributed by atoms with E-state index in [1.165, 1.54) is 0 Å². The molecule has 5 rings (SSSR count). The van der Waals surface area contributed by atoms with Crippen LogP contribution in [0.1, 0.15) is 17.8 Å². The van der Waals surface area contributed by atoms with Gasteiger partial charge >= 0.3 is 0 Å². The van der Waals surface area contributed by atoms with E-state index >= 15 is 0 Å². The maximum Gasteiger partial charge on any atom is 0.261 e. The number of hydrogen-bond donors (Lipinski definition) is 0. The number of fused-ring (bicyclic) bond motifs is 4. The summed E-state index contributed by atoms with van der Waals surface area (Å²) >= 11 is 0. The number of aryl methyl sites for hydroxylation is 1. The van der Waals surface area contributed by atoms with Crippen molar-refractivity contribution in [3.8, 4) is 11.5 Å². The predicted molar refractivity (Wildman–Crippen MR) is 98.4 cm³/mol. The van der Waals surface area contributed by atoms with Crippen molar-refractivity contribution in [2.45, 2.75) is 19.9 Å². The number of benzene rings is 1. The molecule has 0 radical (unpaired) electrons. The molecule has 1 aromatic carbocycles. The minimum atomic E-state index is -0.123. The van der Waals surface area contributed by atoms with Gasteiger partial charge in [-0.15, -0.1) is 5.10 Å². The van der Waals surface area contributed by atoms with E-state index in [9.17, 15) is 4.79 Å². The van der Waals surface area contributed by atoms with Crippen LogP contribution in [0.3, 0.4) is 0 Å². The first-order valence-corrected chi connectivity index (χ1v) is 8.79. The van der Waals surface area contributed by atoms with E-state index in [-0.39, 0.29) is 5.56 Å². The zero-order valence-electron chi connectivity index (χ0n) is 14.8. The van der Waals surface area contributed by atoms with E-state index in [1.54, 1.807) is 28.4 Å². The number of pyridine rings is 1. The van der Waals surface area contributed by atoms with E-state index in [0.29, 0.717) is 42.3 Å². The number of hydrogen-bond acceptors (Lipinski definition) is 6. The topological polar surface area (TPSA) is 83.5 Å². The van der Waals surface area contributed by atoms with Gasteiger partial charge in [-0.2, -0.15) is 9.50 Å². The van der Waals surface area contributed by atoms with E-state index in [4.69, 9.17) is 9.47 Å². The van der Waals surface area contributed by atoms with Crippen LogP contribution in [0.25, 0.3) is 16.7 Å². The van der Waals surface area contributed by atoms with Crippen molar-refractivity contribution in [2.24, 2.45) is 0 Å². The van der Waals surface area contributed by atoms with Gasteiger partial charge in [0.2, 0.25) is 0 Å². The minimum absolute atomic E-state index is 0.123. The molecule has 1 aliphatic rings. The predicted octanol–water partition coefficient (Wildman–Crippen LogP) is 1.96. The molecule has 8 nitrogen and oxygen atoms in total. The minimum Gasteiger partial charge on any atom is -0.490 e. The highest BCUT2D eigenvalue weighted by molar-refractivity contribution is 5.78. The van der Waals surface area contributed by atoms with Crippen molar-refractivity contribution in [3.63, 3.8) is 0 Å². The summed E-state index contributed by atoms with van der Waals surface area (Å²) in [4.78, 5) is 21.4. The molecule has 0 saturated heterocycles. The average Bonchev–Trinajstić information content (AvgIpc) is 2.90. The molecular weight excluding hydrogens is 346 g/mol. The van der Waals surface area contributed by atoms with Gasteiger partial charge in [0, 0.05) is 18.8 Å². The summed E-state index contributed by atoms with van der Waals surface area (Å²) in [6.07, 6.45) is 4.19. The molecule has 0 saturated carbocycles. The summed E-state index contributed by atoms with van der Waals surface area (Å²) in [6.45, 7) is 3.51. The van der Waals surface area contributed by atoms with Gasteiger partial charge in [-0.3, -0.25) is 4.79 Å². The summed E-state index contributed by atoms with van der Waals surface area (Å²) in [5.41, 5.74) is 1.54. The Morgan fingerprint density at radius 1 is 1.15 bits per heavy atom. The molecule has 4 aromatic rings. The molecule has 0 unspecified atom stereocenters. The van der Waals surface area contributed by atoms with Crippen molar-refractivity contribution < 1.29 is 9.47 Å². The molecule has 8 heteroatoms. The lowest BCUT2D eigenvalue weighted by Crippen LogP contribution is -2.21. The smallest absolute Gasteiger partial charge is 0.261 e. The van der Waals surface area contributed by atoms with E-state index in [0.717, 1.165) is 23.5 Å². The first-order valence-electron chi connectivity index (χ1n) is 8.79. The van der Waals surface area contributed by atoms with Crippen LogP contribution in [-0.2, 0) is 6.54 Å². The van der Waals surface area contributed by atoms with Crippen LogP contribution in [0.4, 0.5) is 0 Å². The summed E-state index contributed by atoms with van der Waals surface area (Å²) in [6, 6.07) is 7.64. The average molecular weight is 363 g/mol. The Morgan fingerprint density at radius 2 is 2.00 bits per heavy atom. The second-order valence-corrected chi connectivity index (χ2v) is 6.51. The fourth-order valence-electron chi connectivity index (χ4n) is 3.29. The van der Waals surface area contributed by atoms with Crippen molar-refractivity contribution in [2.75, 3.05) is 13.2 Å². The van der Waals surface area contributed by atoms with Crippen LogP contribution in [0.5, 0.6) is 11.5 Å². The molecule has 3 aromatic heterocycles. The van der Waals surface area contributed by atoms with Gasteiger partial charge < -0.3 is 14.0 Å². The van der Waals surface area contributed by atoms with Gasteiger partial charge in [0.05, 0.1) is 30.7 Å². The molecular formula is C19H17N5O3. The van der Waals surface area contributed by atoms with Crippen LogP contribution < -0.4 is 15.0 Å². The molecule has 1 aliphatic heterocycles. The summed E-state index contributed by atoms with van der Waals surface area (Å²) < 4.78 is 14.7. The first-order chi connectivity index (χ1) is 13.2. The Bertz CT molecular complexity index is 1230. The maximum absolute atomic E-state index is 12.9. The third kappa shape index (κ3) is 2.69. The monoisotopic (exact) mass is 363 g/mol. The molecule has 0 atom stereocenters. The molecule has 4 heterocycles. The summed E-state index contributed by atoms with van der Waals surface area (Å²) in [5, 5.41) is 4.82. The van der Waals surface area contributed by atoms with Crippen molar-refractivity contribution in [1.29, 1.82) is 0 Å².